The smallest absolute Gasteiger partial charge is 0.0996 e. The van der Waals surface area contributed by atoms with Gasteiger partial charge in [0.05, 0.1) is 0 Å². The molecule has 0 bridgehead atoms. The Morgan fingerprint density at radius 3 is 2.00 bits per heavy atom. The van der Waals surface area contributed by atoms with E-state index < -0.39 is 6.17 Å². The van der Waals surface area contributed by atoms with E-state index in [1.165, 1.54) is 0 Å². The minimum atomic E-state index is -0.796. The molecule has 6 heteroatoms. The summed E-state index contributed by atoms with van der Waals surface area (Å²) in [5.41, 5.74) is 16.4. The fourth-order valence-corrected chi connectivity index (χ4v) is 0.318. The van der Waals surface area contributed by atoms with Crippen molar-refractivity contribution in [2.24, 2.45) is 10.2 Å². The molecule has 0 aliphatic rings. The van der Waals surface area contributed by atoms with Gasteiger partial charge in [0.1, 0.15) is 6.17 Å². The number of rotatable bonds is 3. The highest BCUT2D eigenvalue weighted by molar-refractivity contribution is 5.00. The van der Waals surface area contributed by atoms with E-state index in [2.05, 4.69) is 26.6 Å². The Hall–Kier alpha value is -1.64. The lowest BCUT2D eigenvalue weighted by Gasteiger charge is -1.98. The highest BCUT2D eigenvalue weighted by Crippen LogP contribution is 2.04. The summed E-state index contributed by atoms with van der Waals surface area (Å²) in [6.45, 7) is 5.08. The predicted octanol–water partition coefficient (Wildman–Crippen LogP) is 2.51. The summed E-state index contributed by atoms with van der Waals surface area (Å²) in [5.74, 6) is 0. The van der Waals surface area contributed by atoms with Crippen LogP contribution in [0, 0.1) is 0 Å². The molecule has 0 N–H and O–H groups in total. The summed E-state index contributed by atoms with van der Waals surface area (Å²) in [6, 6.07) is 0. The highest BCUT2D eigenvalue weighted by atomic mass is 15.3. The molecule has 0 unspecified atom stereocenters. The minimum absolute atomic E-state index is 0.524. The van der Waals surface area contributed by atoms with E-state index in [-0.39, 0.29) is 0 Å². The summed E-state index contributed by atoms with van der Waals surface area (Å²) >= 11 is 0. The molecule has 52 valence electrons. The fraction of sp³-hybridized carbons (Fsp3) is 0.500. The monoisotopic (exact) mass is 138 g/mol. The summed E-state index contributed by atoms with van der Waals surface area (Å²) < 4.78 is 0. The van der Waals surface area contributed by atoms with Crippen molar-refractivity contribution in [2.45, 2.75) is 13.1 Å². The number of hydrogen-bond donors (Lipinski definition) is 0. The Kier molecular flexibility index (Phi) is 3.56. The standard InChI is InChI=1S/C4H6N6/c1-3(2)4(7-9-5)8-10-6/h4H,1H2,2H3. The molecular weight excluding hydrogens is 132 g/mol. The molecule has 0 aromatic rings. The molecule has 0 spiro atoms. The lowest BCUT2D eigenvalue weighted by atomic mass is 10.3. The third kappa shape index (κ3) is 2.61. The van der Waals surface area contributed by atoms with Gasteiger partial charge in [-0.1, -0.05) is 22.4 Å². The van der Waals surface area contributed by atoms with Crippen molar-refractivity contribution in [3.8, 4) is 0 Å². The van der Waals surface area contributed by atoms with Gasteiger partial charge in [0, 0.05) is 9.82 Å². The Bertz CT molecular complexity index is 197. The van der Waals surface area contributed by atoms with Gasteiger partial charge < -0.3 is 0 Å². The van der Waals surface area contributed by atoms with Crippen LogP contribution in [0.1, 0.15) is 6.92 Å². The quantitative estimate of drug-likeness (QED) is 0.248. The van der Waals surface area contributed by atoms with Crippen LogP contribution in [0.5, 0.6) is 0 Å². The van der Waals surface area contributed by atoms with Gasteiger partial charge in [0.15, 0.2) is 0 Å². The van der Waals surface area contributed by atoms with Crippen LogP contribution < -0.4 is 0 Å². The van der Waals surface area contributed by atoms with Crippen LogP contribution in [-0.4, -0.2) is 6.17 Å². The molecule has 0 saturated carbocycles. The summed E-state index contributed by atoms with van der Waals surface area (Å²) in [4.78, 5) is 4.95. The maximum absolute atomic E-state index is 7.95. The molecule has 0 fully saturated rings. The van der Waals surface area contributed by atoms with Gasteiger partial charge in [0.25, 0.3) is 0 Å². The van der Waals surface area contributed by atoms with Crippen LogP contribution in [-0.2, 0) is 0 Å². The summed E-state index contributed by atoms with van der Waals surface area (Å²) in [6.07, 6.45) is -0.796. The van der Waals surface area contributed by atoms with E-state index in [0.29, 0.717) is 5.57 Å². The first-order chi connectivity index (χ1) is 4.72. The first kappa shape index (κ1) is 8.36. The number of nitrogens with zero attached hydrogens (tertiary/aromatic N) is 6. The molecule has 0 aliphatic carbocycles. The first-order valence-corrected chi connectivity index (χ1v) is 2.46. The van der Waals surface area contributed by atoms with E-state index in [1.54, 1.807) is 6.92 Å². The molecule has 0 radical (unpaired) electrons. The van der Waals surface area contributed by atoms with Gasteiger partial charge in [-0.25, -0.2) is 0 Å². The van der Waals surface area contributed by atoms with Crippen molar-refractivity contribution in [3.63, 3.8) is 0 Å². The van der Waals surface area contributed by atoms with Gasteiger partial charge >= 0.3 is 0 Å². The van der Waals surface area contributed by atoms with E-state index >= 15 is 0 Å². The Balaban J connectivity index is 4.40. The normalized spacial score (nSPS) is 10.5. The predicted molar refractivity (Wildman–Crippen MR) is 36.9 cm³/mol. The Morgan fingerprint density at radius 2 is 1.80 bits per heavy atom. The van der Waals surface area contributed by atoms with E-state index in [0.717, 1.165) is 0 Å². The van der Waals surface area contributed by atoms with Crippen LogP contribution in [0.25, 0.3) is 20.9 Å². The van der Waals surface area contributed by atoms with Crippen molar-refractivity contribution in [3.05, 3.63) is 33.0 Å². The second-order valence-corrected chi connectivity index (χ2v) is 1.63. The largest absolute Gasteiger partial charge is 0.136 e. The van der Waals surface area contributed by atoms with Gasteiger partial charge in [-0.05, 0) is 18.0 Å². The van der Waals surface area contributed by atoms with Crippen LogP contribution in [0.2, 0.25) is 0 Å². The van der Waals surface area contributed by atoms with Crippen molar-refractivity contribution in [1.82, 2.24) is 0 Å². The second-order valence-electron chi connectivity index (χ2n) is 1.63. The zero-order valence-electron chi connectivity index (χ0n) is 5.47. The maximum Gasteiger partial charge on any atom is 0.136 e. The third-order valence-corrected chi connectivity index (χ3v) is 0.763. The first-order valence-electron chi connectivity index (χ1n) is 2.46. The van der Waals surface area contributed by atoms with Crippen molar-refractivity contribution in [1.29, 1.82) is 0 Å². The SMILES string of the molecule is C=C(C)C(N=[N+]=[N-])N=[N+]=[N-]. The topological polar surface area (TPSA) is 97.5 Å². The fourth-order valence-electron chi connectivity index (χ4n) is 0.318. The van der Waals surface area contributed by atoms with E-state index in [1.807, 2.05) is 0 Å². The maximum atomic E-state index is 7.95. The molecular formula is C4H6N6. The lowest BCUT2D eigenvalue weighted by molar-refractivity contribution is 0.803. The molecule has 0 amide bonds. The zero-order chi connectivity index (χ0) is 7.98. The summed E-state index contributed by atoms with van der Waals surface area (Å²) in [7, 11) is 0. The molecule has 0 atom stereocenters. The van der Waals surface area contributed by atoms with Crippen molar-refractivity contribution >= 4 is 0 Å². The van der Waals surface area contributed by atoms with E-state index in [4.69, 9.17) is 11.1 Å². The van der Waals surface area contributed by atoms with Gasteiger partial charge in [0.2, 0.25) is 0 Å². The molecule has 0 aliphatic heterocycles. The van der Waals surface area contributed by atoms with Gasteiger partial charge in [-0.2, -0.15) is 0 Å². The van der Waals surface area contributed by atoms with Crippen LogP contribution in [0.3, 0.4) is 0 Å². The Labute approximate surface area is 57.4 Å². The number of hydrogen-bond acceptors (Lipinski definition) is 2. The van der Waals surface area contributed by atoms with Crippen LogP contribution in [0.4, 0.5) is 0 Å². The zero-order valence-corrected chi connectivity index (χ0v) is 5.47. The molecule has 0 aromatic heterocycles. The van der Waals surface area contributed by atoms with E-state index in [9.17, 15) is 0 Å². The molecule has 0 heterocycles. The second kappa shape index (κ2) is 4.26. The molecule has 0 saturated heterocycles. The average molecular weight is 138 g/mol. The van der Waals surface area contributed by atoms with Gasteiger partial charge in [-0.3, -0.25) is 0 Å². The Morgan fingerprint density at radius 1 is 1.40 bits per heavy atom. The van der Waals surface area contributed by atoms with Crippen LogP contribution in [0.15, 0.2) is 22.4 Å². The molecule has 6 nitrogen and oxygen atoms in total. The summed E-state index contributed by atoms with van der Waals surface area (Å²) in [5, 5.41) is 6.35. The third-order valence-electron chi connectivity index (χ3n) is 0.763. The van der Waals surface area contributed by atoms with Crippen LogP contribution >= 0.6 is 0 Å². The molecule has 0 rings (SSSR count). The average Bonchev–Trinajstić information content (AvgIpc) is 1.87. The number of azide groups is 1. The minimum Gasteiger partial charge on any atom is -0.0996 e. The molecule has 0 aromatic carbocycles. The van der Waals surface area contributed by atoms with Crippen molar-refractivity contribution in [2.75, 3.05) is 0 Å². The van der Waals surface area contributed by atoms with Gasteiger partial charge in [-0.15, -0.1) is 0 Å². The highest BCUT2D eigenvalue weighted by Gasteiger charge is 2.00. The lowest BCUT2D eigenvalue weighted by Crippen LogP contribution is -1.96. The van der Waals surface area contributed by atoms with Crippen molar-refractivity contribution < 1.29 is 0 Å². The molecule has 10 heavy (non-hydrogen) atoms.